The van der Waals surface area contributed by atoms with Gasteiger partial charge in [0.15, 0.2) is 0 Å². The van der Waals surface area contributed by atoms with Crippen LogP contribution in [-0.2, 0) is 0 Å². The van der Waals surface area contributed by atoms with E-state index in [1.54, 1.807) is 0 Å². The molecule has 1 N–H and O–H groups in total. The third-order valence-electron chi connectivity index (χ3n) is 0.371. The van der Waals surface area contributed by atoms with Crippen LogP contribution in [0.25, 0.3) is 0 Å². The van der Waals surface area contributed by atoms with Gasteiger partial charge < -0.3 is 0 Å². The molecule has 0 radical (unpaired) electrons. The lowest BCUT2D eigenvalue weighted by atomic mass is 11.1. The summed E-state index contributed by atoms with van der Waals surface area (Å²) in [6.45, 7) is 6.00. The molecular formula is C4H5NO2. The molecule has 0 saturated heterocycles. The Morgan fingerprint density at radius 2 is 1.29 bits per heavy atom. The molecule has 0 unspecified atom stereocenters. The van der Waals surface area contributed by atoms with Gasteiger partial charge in [-0.3, -0.25) is 14.6 Å². The van der Waals surface area contributed by atoms with Crippen molar-refractivity contribution in [1.82, 2.24) is 4.98 Å². The van der Waals surface area contributed by atoms with Crippen LogP contribution in [0.5, 0.6) is 0 Å². The molecule has 1 aromatic rings. The van der Waals surface area contributed by atoms with E-state index in [2.05, 4.69) is 13.2 Å². The molecule has 3 heteroatoms. The van der Waals surface area contributed by atoms with Crippen molar-refractivity contribution in [2.75, 3.05) is 0 Å². The van der Waals surface area contributed by atoms with Crippen LogP contribution >= 0.6 is 0 Å². The summed E-state index contributed by atoms with van der Waals surface area (Å²) in [6, 6.07) is 0. The molecule has 0 aliphatic heterocycles. The van der Waals surface area contributed by atoms with Gasteiger partial charge in [-0.2, -0.15) is 0 Å². The van der Waals surface area contributed by atoms with Gasteiger partial charge in [-0.05, 0) is 0 Å². The van der Waals surface area contributed by atoms with Crippen molar-refractivity contribution in [2.45, 2.75) is 0 Å². The van der Waals surface area contributed by atoms with Crippen LogP contribution in [0.2, 0.25) is 0 Å². The molecule has 1 heterocycles. The summed E-state index contributed by atoms with van der Waals surface area (Å²) in [4.78, 5) is 20.8. The maximum absolute atomic E-state index is 9.43. The molecule has 0 bridgehead atoms. The van der Waals surface area contributed by atoms with E-state index in [-0.39, 0.29) is 0 Å². The third kappa shape index (κ3) is 1.70. The highest BCUT2D eigenvalue weighted by atomic mass is 16.2. The number of aromatic amines is 1. The predicted molar refractivity (Wildman–Crippen MR) is 27.0 cm³/mol. The minimum absolute atomic E-state index is 0.468. The van der Waals surface area contributed by atoms with E-state index >= 15 is 0 Å². The molecule has 0 saturated carbocycles. The van der Waals surface area contributed by atoms with E-state index in [1.807, 2.05) is 4.98 Å². The maximum atomic E-state index is 9.43. The van der Waals surface area contributed by atoms with E-state index in [4.69, 9.17) is 0 Å². The topological polar surface area (TPSA) is 49.9 Å². The summed E-state index contributed by atoms with van der Waals surface area (Å²) in [5.41, 5.74) is -0.935. The highest BCUT2D eigenvalue weighted by molar-refractivity contribution is 4.78. The quantitative estimate of drug-likeness (QED) is 0.349. The van der Waals surface area contributed by atoms with Crippen molar-refractivity contribution < 1.29 is 0 Å². The summed E-state index contributed by atoms with van der Waals surface area (Å²) in [6.07, 6.45) is 0. The van der Waals surface area contributed by atoms with Gasteiger partial charge in [0.25, 0.3) is 0 Å². The lowest BCUT2D eigenvalue weighted by Gasteiger charge is -1.10. The van der Waals surface area contributed by atoms with Crippen LogP contribution < -0.4 is 11.1 Å². The molecule has 0 aliphatic carbocycles. The number of rotatable bonds is 0. The van der Waals surface area contributed by atoms with E-state index < -0.39 is 11.1 Å². The number of nitrogens with one attached hydrogen (secondary N) is 1. The Bertz CT molecular complexity index is 172. The maximum Gasteiger partial charge on any atom is 0.316 e. The fourth-order valence-corrected chi connectivity index (χ4v) is 0.0719. The Labute approximate surface area is 40.0 Å². The van der Waals surface area contributed by atoms with Gasteiger partial charge in [-0.25, -0.2) is 0 Å². The van der Waals surface area contributed by atoms with E-state index in [1.165, 1.54) is 0 Å². The van der Waals surface area contributed by atoms with Crippen molar-refractivity contribution in [3.05, 3.63) is 33.9 Å². The van der Waals surface area contributed by atoms with Crippen LogP contribution in [0.1, 0.15) is 0 Å². The first kappa shape index (κ1) is 5.88. The number of hydrogen-bond donors (Lipinski definition) is 1. The Kier molecular flexibility index (Phi) is 1.78. The molecule has 0 aliphatic rings. The third-order valence-corrected chi connectivity index (χ3v) is 0.371. The van der Waals surface area contributed by atoms with Crippen LogP contribution in [0.4, 0.5) is 0 Å². The van der Waals surface area contributed by atoms with Gasteiger partial charge in [0.1, 0.15) is 0 Å². The van der Waals surface area contributed by atoms with E-state index in [9.17, 15) is 9.59 Å². The first-order valence-corrected chi connectivity index (χ1v) is 1.66. The molecule has 7 heavy (non-hydrogen) atoms. The van der Waals surface area contributed by atoms with Crippen molar-refractivity contribution in [3.8, 4) is 0 Å². The molecular weight excluding hydrogens is 94.0 g/mol. The summed E-state index contributed by atoms with van der Waals surface area (Å²) in [5, 5.41) is 0. The summed E-state index contributed by atoms with van der Waals surface area (Å²) in [5.74, 6) is 0. The lowest BCUT2D eigenvalue weighted by molar-refractivity contribution is 1.56. The molecule has 3 nitrogen and oxygen atoms in total. The number of hydrogen-bond acceptors (Lipinski definition) is 2. The average Bonchev–Trinajstić information content (AvgIpc) is 2.27. The minimum Gasteiger partial charge on any atom is -0.280 e. The van der Waals surface area contributed by atoms with Crippen molar-refractivity contribution in [1.29, 1.82) is 0 Å². The van der Waals surface area contributed by atoms with Crippen LogP contribution in [0, 0.1) is 0 Å². The Morgan fingerprint density at radius 1 is 1.14 bits per heavy atom. The van der Waals surface area contributed by atoms with Crippen LogP contribution in [-0.4, -0.2) is 4.98 Å². The Hall–Kier alpha value is -1.12. The molecule has 0 atom stereocenters. The lowest BCUT2D eigenvalue weighted by Crippen LogP contribution is -1.88. The molecule has 1 aromatic heterocycles. The van der Waals surface area contributed by atoms with Gasteiger partial charge >= 0.3 is 11.1 Å². The molecule has 38 valence electrons. The summed E-state index contributed by atoms with van der Waals surface area (Å²) < 4.78 is 0. The first-order chi connectivity index (χ1) is 3.30. The van der Waals surface area contributed by atoms with Gasteiger partial charge in [0, 0.05) is 0 Å². The molecule has 0 amide bonds. The van der Waals surface area contributed by atoms with Gasteiger partial charge in [0.05, 0.1) is 0 Å². The van der Waals surface area contributed by atoms with Gasteiger partial charge in [0.2, 0.25) is 0 Å². The fourth-order valence-electron chi connectivity index (χ4n) is 0.0719. The normalized spacial score (nSPS) is 7.43. The number of aromatic nitrogens is 1. The Morgan fingerprint density at radius 3 is 1.29 bits per heavy atom. The molecule has 0 fully saturated rings. The average molecular weight is 99.1 g/mol. The second kappa shape index (κ2) is 2.12. The largest absolute Gasteiger partial charge is 0.316 e. The predicted octanol–water partition coefficient (Wildman–Crippen LogP) is -0.587. The van der Waals surface area contributed by atoms with Crippen molar-refractivity contribution in [3.63, 3.8) is 0 Å². The van der Waals surface area contributed by atoms with Crippen LogP contribution in [0.15, 0.2) is 22.7 Å². The minimum atomic E-state index is -0.468. The van der Waals surface area contributed by atoms with Crippen molar-refractivity contribution in [2.24, 2.45) is 0 Å². The first-order valence-electron chi connectivity index (χ1n) is 1.66. The van der Waals surface area contributed by atoms with Gasteiger partial charge in [-0.15, -0.1) is 13.2 Å². The summed E-state index contributed by atoms with van der Waals surface area (Å²) in [7, 11) is 0. The van der Waals surface area contributed by atoms with E-state index in [0.717, 1.165) is 0 Å². The fraction of sp³-hybridized carbons (Fsp3) is 0. The van der Waals surface area contributed by atoms with Gasteiger partial charge in [-0.1, -0.05) is 0 Å². The SMILES string of the molecule is C=C.O=c1[nH]c1=O. The monoisotopic (exact) mass is 99.0 g/mol. The number of H-pyrrole nitrogens is 1. The van der Waals surface area contributed by atoms with E-state index in [0.29, 0.717) is 0 Å². The zero-order valence-electron chi connectivity index (χ0n) is 3.73. The smallest absolute Gasteiger partial charge is 0.280 e. The molecule has 0 aromatic carbocycles. The molecule has 0 spiro atoms. The zero-order chi connectivity index (χ0) is 5.86. The highest BCUT2D eigenvalue weighted by Crippen LogP contribution is 1.28. The molecule has 1 rings (SSSR count). The van der Waals surface area contributed by atoms with Crippen molar-refractivity contribution >= 4 is 0 Å². The zero-order valence-corrected chi connectivity index (χ0v) is 3.73. The Balaban J connectivity index is 0.000000162. The second-order valence-corrected chi connectivity index (χ2v) is 0.783. The standard InChI is InChI=1S/C2HNO2.C2H4/c4-1-2(5)3-1;1-2/h(H,3,4,5);1-2H2. The second-order valence-electron chi connectivity index (χ2n) is 0.783. The van der Waals surface area contributed by atoms with Crippen LogP contribution in [0.3, 0.4) is 0 Å². The highest BCUT2D eigenvalue weighted by Gasteiger charge is 1.96. The summed E-state index contributed by atoms with van der Waals surface area (Å²) >= 11 is 0.